The molecule has 0 spiro atoms. The monoisotopic (exact) mass is 344 g/mol. The molecule has 2 heteroatoms. The van der Waals surface area contributed by atoms with Gasteiger partial charge in [0.2, 0.25) is 0 Å². The van der Waals surface area contributed by atoms with Crippen LogP contribution in [0.25, 0.3) is 10.8 Å². The predicted octanol–water partition coefficient (Wildman–Crippen LogP) is 6.17. The molecule has 0 saturated heterocycles. The summed E-state index contributed by atoms with van der Waals surface area (Å²) in [5.41, 5.74) is 2.59. The van der Waals surface area contributed by atoms with Gasteiger partial charge >= 0.3 is 0 Å². The normalized spacial score (nSPS) is 12.5. The minimum Gasteiger partial charge on any atom is -0.0843 e. The summed E-state index contributed by atoms with van der Waals surface area (Å²) in [6, 6.07) is 23.1. The Morgan fingerprint density at radius 3 is 2.30 bits per heavy atom. The van der Waals surface area contributed by atoms with E-state index in [1.165, 1.54) is 21.9 Å². The van der Waals surface area contributed by atoms with E-state index in [0.29, 0.717) is 4.83 Å². The largest absolute Gasteiger partial charge is 0.0843 e. The van der Waals surface area contributed by atoms with Gasteiger partial charge < -0.3 is 0 Å². The summed E-state index contributed by atoms with van der Waals surface area (Å²) in [5.74, 6) is 0. The number of halogens is 2. The predicted molar refractivity (Wildman–Crippen MR) is 90.8 cm³/mol. The second-order valence-electron chi connectivity index (χ2n) is 4.90. The lowest BCUT2D eigenvalue weighted by atomic mass is 10.0. The Balaban J connectivity index is 1.84. The number of rotatable bonds is 3. The lowest BCUT2D eigenvalue weighted by Gasteiger charge is -2.11. The van der Waals surface area contributed by atoms with Crippen molar-refractivity contribution in [3.63, 3.8) is 0 Å². The van der Waals surface area contributed by atoms with Crippen LogP contribution >= 0.6 is 27.5 Å². The maximum atomic E-state index is 5.92. The molecule has 0 aliphatic rings. The molecule has 1 unspecified atom stereocenters. The number of fused-ring (bicyclic) bond motifs is 1. The molecule has 20 heavy (non-hydrogen) atoms. The number of alkyl halides is 1. The molecule has 0 nitrogen and oxygen atoms in total. The molecule has 0 saturated carbocycles. The van der Waals surface area contributed by atoms with Gasteiger partial charge in [-0.2, -0.15) is 0 Å². The van der Waals surface area contributed by atoms with Crippen molar-refractivity contribution in [1.29, 1.82) is 0 Å². The van der Waals surface area contributed by atoms with Crippen molar-refractivity contribution in [3.05, 3.63) is 82.9 Å². The Bertz CT molecular complexity index is 719. The maximum Gasteiger partial charge on any atom is 0.0435 e. The number of hydrogen-bond acceptors (Lipinski definition) is 0. The van der Waals surface area contributed by atoms with Gasteiger partial charge in [-0.3, -0.25) is 0 Å². The van der Waals surface area contributed by atoms with E-state index in [9.17, 15) is 0 Å². The van der Waals surface area contributed by atoms with Gasteiger partial charge in [-0.15, -0.1) is 0 Å². The molecule has 0 amide bonds. The van der Waals surface area contributed by atoms with E-state index in [2.05, 4.69) is 70.5 Å². The van der Waals surface area contributed by atoms with E-state index in [1.807, 2.05) is 12.1 Å². The van der Waals surface area contributed by atoms with E-state index < -0.39 is 0 Å². The van der Waals surface area contributed by atoms with Crippen molar-refractivity contribution in [2.24, 2.45) is 0 Å². The fraction of sp³-hybridized carbons (Fsp3) is 0.111. The average molecular weight is 346 g/mol. The summed E-state index contributed by atoms with van der Waals surface area (Å²) in [6.45, 7) is 0. The van der Waals surface area contributed by atoms with Gasteiger partial charge in [0, 0.05) is 9.85 Å². The number of hydrogen-bond donors (Lipinski definition) is 0. The second kappa shape index (κ2) is 5.99. The molecule has 0 heterocycles. The van der Waals surface area contributed by atoms with Crippen LogP contribution < -0.4 is 0 Å². The first kappa shape index (κ1) is 13.7. The first-order chi connectivity index (χ1) is 9.72. The van der Waals surface area contributed by atoms with Crippen LogP contribution in [0.1, 0.15) is 16.0 Å². The van der Waals surface area contributed by atoms with Crippen LogP contribution in [0.5, 0.6) is 0 Å². The van der Waals surface area contributed by atoms with Crippen LogP contribution in [0.2, 0.25) is 5.02 Å². The highest BCUT2D eigenvalue weighted by Gasteiger charge is 2.09. The van der Waals surface area contributed by atoms with Crippen LogP contribution in [0.3, 0.4) is 0 Å². The van der Waals surface area contributed by atoms with E-state index in [-0.39, 0.29) is 0 Å². The molecule has 0 aliphatic heterocycles. The molecule has 100 valence electrons. The Kier molecular flexibility index (Phi) is 4.09. The minimum absolute atomic E-state index is 0.313. The standard InChI is InChI=1S/C18H14BrCl/c19-18(11-13-5-9-17(20)10-6-13)16-8-7-14-3-1-2-4-15(14)12-16/h1-10,12,18H,11H2. The highest BCUT2D eigenvalue weighted by molar-refractivity contribution is 9.09. The van der Waals surface area contributed by atoms with Crippen molar-refractivity contribution < 1.29 is 0 Å². The molecule has 3 rings (SSSR count). The molecule has 0 bridgehead atoms. The summed E-state index contributed by atoms with van der Waals surface area (Å²) in [6.07, 6.45) is 0.954. The third kappa shape index (κ3) is 3.05. The lowest BCUT2D eigenvalue weighted by molar-refractivity contribution is 0.951. The van der Waals surface area contributed by atoms with Crippen LogP contribution in [0.4, 0.5) is 0 Å². The Labute approximate surface area is 132 Å². The maximum absolute atomic E-state index is 5.92. The average Bonchev–Trinajstić information content (AvgIpc) is 2.49. The molecule has 3 aromatic rings. The zero-order valence-corrected chi connectivity index (χ0v) is 13.2. The zero-order chi connectivity index (χ0) is 13.9. The third-order valence-corrected chi connectivity index (χ3v) is 4.57. The summed E-state index contributed by atoms with van der Waals surface area (Å²) < 4.78 is 0. The number of benzene rings is 3. The van der Waals surface area contributed by atoms with Crippen molar-refractivity contribution in [1.82, 2.24) is 0 Å². The summed E-state index contributed by atoms with van der Waals surface area (Å²) in [5, 5.41) is 3.35. The molecular formula is C18H14BrCl. The van der Waals surface area contributed by atoms with Gasteiger partial charge in [-0.25, -0.2) is 0 Å². The Morgan fingerprint density at radius 2 is 1.55 bits per heavy atom. The van der Waals surface area contributed by atoms with Crippen molar-refractivity contribution >= 4 is 38.3 Å². The van der Waals surface area contributed by atoms with E-state index in [0.717, 1.165) is 11.4 Å². The zero-order valence-electron chi connectivity index (χ0n) is 10.9. The fourth-order valence-corrected chi connectivity index (χ4v) is 3.13. The van der Waals surface area contributed by atoms with Gasteiger partial charge in [-0.05, 0) is 40.5 Å². The van der Waals surface area contributed by atoms with Gasteiger partial charge in [0.1, 0.15) is 0 Å². The highest BCUT2D eigenvalue weighted by Crippen LogP contribution is 2.29. The SMILES string of the molecule is Clc1ccc(CC(Br)c2ccc3ccccc3c2)cc1. The Morgan fingerprint density at radius 1 is 0.850 bits per heavy atom. The lowest BCUT2D eigenvalue weighted by Crippen LogP contribution is -1.95. The van der Waals surface area contributed by atoms with Gasteiger partial charge in [-0.1, -0.05) is 82.1 Å². The molecular weight excluding hydrogens is 332 g/mol. The van der Waals surface area contributed by atoms with Crippen LogP contribution in [0, 0.1) is 0 Å². The van der Waals surface area contributed by atoms with Crippen LogP contribution in [0.15, 0.2) is 66.7 Å². The van der Waals surface area contributed by atoms with Crippen LogP contribution in [-0.4, -0.2) is 0 Å². The molecule has 0 aliphatic carbocycles. The van der Waals surface area contributed by atoms with E-state index >= 15 is 0 Å². The molecule has 1 atom stereocenters. The third-order valence-electron chi connectivity index (χ3n) is 3.46. The van der Waals surface area contributed by atoms with Gasteiger partial charge in [0.05, 0.1) is 0 Å². The molecule has 0 fully saturated rings. The van der Waals surface area contributed by atoms with Gasteiger partial charge in [0.25, 0.3) is 0 Å². The summed E-state index contributed by atoms with van der Waals surface area (Å²) >= 11 is 9.71. The first-order valence-electron chi connectivity index (χ1n) is 6.59. The van der Waals surface area contributed by atoms with Crippen molar-refractivity contribution in [2.75, 3.05) is 0 Å². The molecule has 0 radical (unpaired) electrons. The first-order valence-corrected chi connectivity index (χ1v) is 7.89. The van der Waals surface area contributed by atoms with Crippen LogP contribution in [-0.2, 0) is 6.42 Å². The molecule has 0 aromatic heterocycles. The van der Waals surface area contributed by atoms with E-state index in [1.54, 1.807) is 0 Å². The molecule has 3 aromatic carbocycles. The van der Waals surface area contributed by atoms with Gasteiger partial charge in [0.15, 0.2) is 0 Å². The summed E-state index contributed by atoms with van der Waals surface area (Å²) in [7, 11) is 0. The van der Waals surface area contributed by atoms with E-state index in [4.69, 9.17) is 11.6 Å². The summed E-state index contributed by atoms with van der Waals surface area (Å²) in [4.78, 5) is 0.313. The smallest absolute Gasteiger partial charge is 0.0435 e. The highest BCUT2D eigenvalue weighted by atomic mass is 79.9. The minimum atomic E-state index is 0.313. The topological polar surface area (TPSA) is 0 Å². The molecule has 0 N–H and O–H groups in total. The second-order valence-corrected chi connectivity index (χ2v) is 6.45. The fourth-order valence-electron chi connectivity index (χ4n) is 2.35. The Hall–Kier alpha value is -1.31. The van der Waals surface area contributed by atoms with Crippen molar-refractivity contribution in [3.8, 4) is 0 Å². The van der Waals surface area contributed by atoms with Crippen molar-refractivity contribution in [2.45, 2.75) is 11.2 Å². The quantitative estimate of drug-likeness (QED) is 0.498.